The van der Waals surface area contributed by atoms with Gasteiger partial charge in [-0.1, -0.05) is 36.4 Å². The van der Waals surface area contributed by atoms with E-state index in [-0.39, 0.29) is 17.6 Å². The molecule has 0 atom stereocenters. The largest absolute Gasteiger partial charge is 0.497 e. The van der Waals surface area contributed by atoms with Gasteiger partial charge in [-0.2, -0.15) is 0 Å². The zero-order chi connectivity index (χ0) is 23.9. The molecule has 0 spiro atoms. The predicted molar refractivity (Wildman–Crippen MR) is 139 cm³/mol. The van der Waals surface area contributed by atoms with Crippen molar-refractivity contribution in [2.45, 2.75) is 11.8 Å². The van der Waals surface area contributed by atoms with Crippen molar-refractivity contribution in [3.63, 3.8) is 0 Å². The molecule has 0 bridgehead atoms. The number of benzene rings is 3. The number of hydrogen-bond acceptors (Lipinski definition) is 6. The Morgan fingerprint density at radius 1 is 0.971 bits per heavy atom. The van der Waals surface area contributed by atoms with Crippen LogP contribution in [0.2, 0.25) is 0 Å². The molecule has 0 aliphatic heterocycles. The van der Waals surface area contributed by atoms with Gasteiger partial charge in [0.1, 0.15) is 5.75 Å². The van der Waals surface area contributed by atoms with Crippen molar-refractivity contribution in [2.75, 3.05) is 23.5 Å². The number of thiazole rings is 1. The van der Waals surface area contributed by atoms with Gasteiger partial charge in [0, 0.05) is 26.6 Å². The molecule has 4 aromatic rings. The third-order valence-corrected chi connectivity index (χ3v) is 6.80. The Balaban J connectivity index is 1.29. The van der Waals surface area contributed by atoms with Gasteiger partial charge in [-0.05, 0) is 49.4 Å². The molecule has 0 fully saturated rings. The highest BCUT2D eigenvalue weighted by molar-refractivity contribution is 8.00. The number of nitrogens with zero attached hydrogens (tertiary/aromatic N) is 1. The van der Waals surface area contributed by atoms with Crippen LogP contribution in [0.1, 0.15) is 15.2 Å². The lowest BCUT2D eigenvalue weighted by atomic mass is 10.1. The van der Waals surface area contributed by atoms with E-state index in [1.165, 1.54) is 23.1 Å². The van der Waals surface area contributed by atoms with E-state index in [9.17, 15) is 9.59 Å². The first-order valence-electron chi connectivity index (χ1n) is 10.5. The average Bonchev–Trinajstić information content (AvgIpc) is 3.23. The number of methoxy groups -OCH3 is 1. The minimum absolute atomic E-state index is 0.117. The number of aryl methyl sites for hydroxylation is 1. The van der Waals surface area contributed by atoms with Crippen LogP contribution >= 0.6 is 23.1 Å². The van der Waals surface area contributed by atoms with Gasteiger partial charge in [0.2, 0.25) is 5.91 Å². The summed E-state index contributed by atoms with van der Waals surface area (Å²) in [4.78, 5) is 31.4. The van der Waals surface area contributed by atoms with Gasteiger partial charge >= 0.3 is 0 Å². The molecule has 0 radical (unpaired) electrons. The first-order valence-corrected chi connectivity index (χ1v) is 12.3. The molecule has 0 aliphatic carbocycles. The highest BCUT2D eigenvalue weighted by Gasteiger charge is 2.12. The van der Waals surface area contributed by atoms with E-state index >= 15 is 0 Å². The third-order valence-electron chi connectivity index (χ3n) is 4.90. The molecule has 4 rings (SSSR count). The van der Waals surface area contributed by atoms with Crippen molar-refractivity contribution < 1.29 is 14.3 Å². The summed E-state index contributed by atoms with van der Waals surface area (Å²) < 4.78 is 5.16. The minimum Gasteiger partial charge on any atom is -0.497 e. The molecule has 6 nitrogen and oxygen atoms in total. The lowest BCUT2D eigenvalue weighted by Crippen LogP contribution is -2.13. The second-order valence-electron chi connectivity index (χ2n) is 7.34. The number of anilines is 2. The van der Waals surface area contributed by atoms with Crippen molar-refractivity contribution in [3.05, 3.63) is 89.3 Å². The number of hydrogen-bond donors (Lipinski definition) is 2. The van der Waals surface area contributed by atoms with Crippen molar-refractivity contribution in [3.8, 4) is 17.0 Å². The minimum atomic E-state index is -0.215. The SMILES string of the molecule is COc1cccc(C(=O)Nc2ccc(SCC(=O)Nc3nc(-c4ccccc4)c(C)s3)cc2)c1. The predicted octanol–water partition coefficient (Wildman–Crippen LogP) is 6.11. The first kappa shape index (κ1) is 23.5. The van der Waals surface area contributed by atoms with Crippen LogP contribution in [0.15, 0.2) is 83.8 Å². The maximum atomic E-state index is 12.4. The molecule has 34 heavy (non-hydrogen) atoms. The van der Waals surface area contributed by atoms with E-state index in [1.54, 1.807) is 31.4 Å². The van der Waals surface area contributed by atoms with Gasteiger partial charge in [0.25, 0.3) is 5.91 Å². The Hall–Kier alpha value is -3.62. The van der Waals surface area contributed by atoms with Gasteiger partial charge in [-0.25, -0.2) is 4.98 Å². The molecule has 0 aliphatic rings. The summed E-state index contributed by atoms with van der Waals surface area (Å²) in [5.74, 6) is 0.553. The van der Waals surface area contributed by atoms with E-state index in [2.05, 4.69) is 15.6 Å². The van der Waals surface area contributed by atoms with E-state index in [0.717, 1.165) is 21.0 Å². The summed E-state index contributed by atoms with van der Waals surface area (Å²) in [5, 5.41) is 6.35. The number of carbonyl (C=O) groups excluding carboxylic acids is 2. The fourth-order valence-electron chi connectivity index (χ4n) is 3.22. The van der Waals surface area contributed by atoms with E-state index in [1.807, 2.05) is 61.5 Å². The molecule has 0 unspecified atom stereocenters. The molecule has 1 aromatic heterocycles. The molecule has 0 saturated heterocycles. The monoisotopic (exact) mass is 489 g/mol. The number of ether oxygens (including phenoxy) is 1. The number of aromatic nitrogens is 1. The van der Waals surface area contributed by atoms with Crippen LogP contribution in [0, 0.1) is 6.92 Å². The lowest BCUT2D eigenvalue weighted by Gasteiger charge is -2.08. The van der Waals surface area contributed by atoms with Crippen molar-refractivity contribution >= 4 is 45.7 Å². The standard InChI is InChI=1S/C26H23N3O3S2/c1-17-24(18-7-4-3-5-8-18)29-26(34-17)28-23(30)16-33-22-13-11-20(12-14-22)27-25(31)19-9-6-10-21(15-19)32-2/h3-15H,16H2,1-2H3,(H,27,31)(H,28,29,30). The van der Waals surface area contributed by atoms with Crippen molar-refractivity contribution in [1.29, 1.82) is 0 Å². The summed E-state index contributed by atoms with van der Waals surface area (Å²) in [5.41, 5.74) is 3.11. The van der Waals surface area contributed by atoms with Crippen LogP contribution in [-0.4, -0.2) is 29.7 Å². The summed E-state index contributed by atoms with van der Waals surface area (Å²) in [7, 11) is 1.56. The van der Waals surface area contributed by atoms with Crippen LogP contribution in [0.5, 0.6) is 5.75 Å². The maximum absolute atomic E-state index is 12.4. The van der Waals surface area contributed by atoms with Gasteiger partial charge in [0.15, 0.2) is 5.13 Å². The first-order chi connectivity index (χ1) is 16.5. The molecule has 8 heteroatoms. The van der Waals surface area contributed by atoms with Gasteiger partial charge in [-0.3, -0.25) is 9.59 Å². The Morgan fingerprint density at radius 3 is 2.47 bits per heavy atom. The van der Waals surface area contributed by atoms with Gasteiger partial charge in [-0.15, -0.1) is 23.1 Å². The number of thioether (sulfide) groups is 1. The smallest absolute Gasteiger partial charge is 0.255 e. The molecular weight excluding hydrogens is 466 g/mol. The third kappa shape index (κ3) is 6.03. The number of carbonyl (C=O) groups is 2. The molecule has 172 valence electrons. The van der Waals surface area contributed by atoms with Gasteiger partial charge < -0.3 is 15.4 Å². The Morgan fingerprint density at radius 2 is 1.74 bits per heavy atom. The highest BCUT2D eigenvalue weighted by atomic mass is 32.2. The number of rotatable bonds is 8. The second kappa shape index (κ2) is 11.0. The second-order valence-corrected chi connectivity index (χ2v) is 9.59. The van der Waals surface area contributed by atoms with E-state index in [4.69, 9.17) is 4.74 Å². The lowest BCUT2D eigenvalue weighted by molar-refractivity contribution is -0.113. The van der Waals surface area contributed by atoms with E-state index in [0.29, 0.717) is 22.1 Å². The molecule has 1 heterocycles. The summed E-state index contributed by atoms with van der Waals surface area (Å²) in [6.45, 7) is 2.00. The molecule has 2 N–H and O–H groups in total. The number of amides is 2. The van der Waals surface area contributed by atoms with Crippen LogP contribution in [0.25, 0.3) is 11.3 Å². The summed E-state index contributed by atoms with van der Waals surface area (Å²) in [6, 6.07) is 24.3. The van der Waals surface area contributed by atoms with Crippen LogP contribution in [-0.2, 0) is 4.79 Å². The Kier molecular flexibility index (Phi) is 7.61. The highest BCUT2D eigenvalue weighted by Crippen LogP contribution is 2.30. The van der Waals surface area contributed by atoms with Crippen LogP contribution in [0.4, 0.5) is 10.8 Å². The Bertz CT molecular complexity index is 1290. The number of nitrogens with one attached hydrogen (secondary N) is 2. The molecular formula is C26H23N3O3S2. The zero-order valence-corrected chi connectivity index (χ0v) is 20.3. The zero-order valence-electron chi connectivity index (χ0n) is 18.7. The topological polar surface area (TPSA) is 80.3 Å². The average molecular weight is 490 g/mol. The molecule has 3 aromatic carbocycles. The summed E-state index contributed by atoms with van der Waals surface area (Å²) >= 11 is 2.89. The van der Waals surface area contributed by atoms with Crippen LogP contribution in [0.3, 0.4) is 0 Å². The fraction of sp³-hybridized carbons (Fsp3) is 0.115. The maximum Gasteiger partial charge on any atom is 0.255 e. The normalized spacial score (nSPS) is 10.5. The van der Waals surface area contributed by atoms with E-state index < -0.39 is 0 Å². The Labute approximate surface area is 206 Å². The molecule has 0 saturated carbocycles. The molecule has 2 amide bonds. The van der Waals surface area contributed by atoms with Crippen molar-refractivity contribution in [2.24, 2.45) is 0 Å². The quantitative estimate of drug-likeness (QED) is 0.292. The summed E-state index contributed by atoms with van der Waals surface area (Å²) in [6.07, 6.45) is 0. The van der Waals surface area contributed by atoms with Gasteiger partial charge in [0.05, 0.1) is 18.6 Å². The van der Waals surface area contributed by atoms with Crippen LogP contribution < -0.4 is 15.4 Å². The van der Waals surface area contributed by atoms with Crippen molar-refractivity contribution in [1.82, 2.24) is 4.98 Å². The fourth-order valence-corrected chi connectivity index (χ4v) is 4.77.